The fraction of sp³-hybridized carbons (Fsp3) is 0.381. The van der Waals surface area contributed by atoms with Crippen LogP contribution in [0.5, 0.6) is 5.75 Å². The number of amides is 2. The minimum absolute atomic E-state index is 0.0407. The number of rotatable bonds is 8. The van der Waals surface area contributed by atoms with Crippen LogP contribution in [-0.2, 0) is 17.3 Å². The van der Waals surface area contributed by atoms with Crippen LogP contribution in [0.4, 0.5) is 18.0 Å². The molecule has 2 aromatic carbocycles. The smallest absolute Gasteiger partial charge is 0.416 e. The summed E-state index contributed by atoms with van der Waals surface area (Å²) in [5.41, 5.74) is 0.533. The lowest BCUT2D eigenvalue weighted by Crippen LogP contribution is -2.44. The fourth-order valence-corrected chi connectivity index (χ4v) is 2.95. The maximum absolute atomic E-state index is 13.0. The van der Waals surface area contributed by atoms with Crippen LogP contribution in [0.25, 0.3) is 0 Å². The molecule has 0 heterocycles. The Labute approximate surface area is 168 Å². The second-order valence-corrected chi connectivity index (χ2v) is 6.71. The van der Waals surface area contributed by atoms with Crippen LogP contribution in [0.2, 0.25) is 0 Å². The lowest BCUT2D eigenvalue weighted by molar-refractivity contribution is -0.137. The third-order valence-electron chi connectivity index (χ3n) is 4.31. The third kappa shape index (κ3) is 6.98. The highest BCUT2D eigenvalue weighted by molar-refractivity contribution is 5.74. The molecule has 2 rings (SSSR count). The molecule has 0 saturated carbocycles. The summed E-state index contributed by atoms with van der Waals surface area (Å²) >= 11 is 0. The number of urea groups is 1. The van der Waals surface area contributed by atoms with E-state index in [2.05, 4.69) is 10.6 Å². The van der Waals surface area contributed by atoms with Gasteiger partial charge < -0.3 is 20.1 Å². The number of carbonyl (C=O) groups is 1. The van der Waals surface area contributed by atoms with Gasteiger partial charge in [-0.3, -0.25) is 0 Å². The van der Waals surface area contributed by atoms with Gasteiger partial charge in [-0.25, -0.2) is 4.79 Å². The average Bonchev–Trinajstić information content (AvgIpc) is 2.67. The first-order chi connectivity index (χ1) is 13.7. The monoisotopic (exact) mass is 410 g/mol. The lowest BCUT2D eigenvalue weighted by atomic mass is 10.0. The van der Waals surface area contributed by atoms with Crippen molar-refractivity contribution in [3.63, 3.8) is 0 Å². The van der Waals surface area contributed by atoms with Gasteiger partial charge in [0.25, 0.3) is 0 Å². The van der Waals surface area contributed by atoms with E-state index in [4.69, 9.17) is 9.47 Å². The largest absolute Gasteiger partial charge is 0.497 e. The van der Waals surface area contributed by atoms with E-state index < -0.39 is 23.8 Å². The van der Waals surface area contributed by atoms with Crippen molar-refractivity contribution in [2.45, 2.75) is 31.6 Å². The van der Waals surface area contributed by atoms with Crippen molar-refractivity contribution in [1.82, 2.24) is 10.6 Å². The van der Waals surface area contributed by atoms with Gasteiger partial charge in [-0.05, 0) is 48.7 Å². The molecular weight excluding hydrogens is 385 g/mol. The van der Waals surface area contributed by atoms with Crippen LogP contribution in [0.3, 0.4) is 0 Å². The Morgan fingerprint density at radius 1 is 1.07 bits per heavy atom. The molecule has 0 aromatic heterocycles. The molecule has 0 spiro atoms. The quantitative estimate of drug-likeness (QED) is 0.681. The summed E-state index contributed by atoms with van der Waals surface area (Å²) in [6.07, 6.45) is -3.88. The van der Waals surface area contributed by atoms with E-state index in [0.717, 1.165) is 23.4 Å². The molecule has 2 N–H and O–H groups in total. The number of hydrogen-bond acceptors (Lipinski definition) is 3. The van der Waals surface area contributed by atoms with E-state index in [1.807, 2.05) is 31.2 Å². The molecule has 0 saturated heterocycles. The first-order valence-corrected chi connectivity index (χ1v) is 9.09. The molecule has 2 atom stereocenters. The van der Waals surface area contributed by atoms with Crippen molar-refractivity contribution in [2.24, 2.45) is 0 Å². The molecule has 0 radical (unpaired) electrons. The predicted octanol–water partition coefficient (Wildman–Crippen LogP) is 4.33. The normalized spacial score (nSPS) is 13.4. The SMILES string of the molecule is COCC(NC(=O)NC(C)Cc1cccc(OC)c1)c1cccc(C(F)(F)F)c1. The van der Waals surface area contributed by atoms with E-state index in [-0.39, 0.29) is 12.6 Å². The maximum atomic E-state index is 13.0. The van der Waals surface area contributed by atoms with E-state index >= 15 is 0 Å². The third-order valence-corrected chi connectivity index (χ3v) is 4.31. The molecule has 29 heavy (non-hydrogen) atoms. The number of benzene rings is 2. The zero-order valence-corrected chi connectivity index (χ0v) is 16.5. The Balaban J connectivity index is 2.02. The molecule has 0 aliphatic heterocycles. The number of nitrogens with one attached hydrogen (secondary N) is 2. The number of alkyl halides is 3. The van der Waals surface area contributed by atoms with Crippen molar-refractivity contribution in [3.8, 4) is 5.75 Å². The number of carbonyl (C=O) groups excluding carboxylic acids is 1. The molecule has 8 heteroatoms. The molecule has 2 aromatic rings. The van der Waals surface area contributed by atoms with Gasteiger partial charge in [0.15, 0.2) is 0 Å². The average molecular weight is 410 g/mol. The van der Waals surface area contributed by atoms with Crippen LogP contribution in [0.15, 0.2) is 48.5 Å². The van der Waals surface area contributed by atoms with Crippen LogP contribution in [0.1, 0.15) is 29.7 Å². The Morgan fingerprint density at radius 2 is 1.79 bits per heavy atom. The molecule has 2 unspecified atom stereocenters. The minimum atomic E-state index is -4.46. The van der Waals surface area contributed by atoms with E-state index in [1.165, 1.54) is 19.2 Å². The molecule has 0 aliphatic rings. The van der Waals surface area contributed by atoms with E-state index in [0.29, 0.717) is 12.0 Å². The van der Waals surface area contributed by atoms with Crippen molar-refractivity contribution < 1.29 is 27.4 Å². The summed E-state index contributed by atoms with van der Waals surface area (Å²) in [7, 11) is 3.00. The van der Waals surface area contributed by atoms with Gasteiger partial charge in [-0.1, -0.05) is 24.3 Å². The molecule has 0 fully saturated rings. The fourth-order valence-electron chi connectivity index (χ4n) is 2.95. The Morgan fingerprint density at radius 3 is 2.45 bits per heavy atom. The summed E-state index contributed by atoms with van der Waals surface area (Å²) < 4.78 is 49.2. The highest BCUT2D eigenvalue weighted by Crippen LogP contribution is 2.30. The van der Waals surface area contributed by atoms with Crippen LogP contribution in [-0.4, -0.2) is 32.9 Å². The molecular formula is C21H25F3N2O3. The molecule has 2 amide bonds. The first kappa shape index (κ1) is 22.5. The van der Waals surface area contributed by atoms with Gasteiger partial charge in [0.2, 0.25) is 0 Å². The van der Waals surface area contributed by atoms with Crippen molar-refractivity contribution in [3.05, 3.63) is 65.2 Å². The zero-order valence-electron chi connectivity index (χ0n) is 16.5. The van der Waals surface area contributed by atoms with Gasteiger partial charge in [0, 0.05) is 13.2 Å². The van der Waals surface area contributed by atoms with Crippen molar-refractivity contribution in [1.29, 1.82) is 0 Å². The van der Waals surface area contributed by atoms with Crippen molar-refractivity contribution >= 4 is 6.03 Å². The van der Waals surface area contributed by atoms with Crippen molar-refractivity contribution in [2.75, 3.05) is 20.8 Å². The molecule has 158 valence electrons. The van der Waals surface area contributed by atoms with Gasteiger partial charge >= 0.3 is 12.2 Å². The summed E-state index contributed by atoms with van der Waals surface area (Å²) in [4.78, 5) is 12.4. The second kappa shape index (κ2) is 10.2. The molecule has 0 aliphatic carbocycles. The Bertz CT molecular complexity index is 812. The Kier molecular flexibility index (Phi) is 7.90. The highest BCUT2D eigenvalue weighted by Gasteiger charge is 2.31. The number of halogens is 3. The lowest BCUT2D eigenvalue weighted by Gasteiger charge is -2.22. The van der Waals surface area contributed by atoms with Gasteiger partial charge in [0.05, 0.1) is 25.3 Å². The second-order valence-electron chi connectivity index (χ2n) is 6.71. The van der Waals surface area contributed by atoms with Gasteiger partial charge in [0.1, 0.15) is 5.75 Å². The van der Waals surface area contributed by atoms with Crippen LogP contribution < -0.4 is 15.4 Å². The van der Waals surface area contributed by atoms with Gasteiger partial charge in [-0.15, -0.1) is 0 Å². The maximum Gasteiger partial charge on any atom is 0.416 e. The standard InChI is InChI=1S/C21H25F3N2O3/c1-14(10-15-6-4-9-18(11-15)29-3)25-20(27)26-19(13-28-2)16-7-5-8-17(12-16)21(22,23)24/h4-9,11-12,14,19H,10,13H2,1-3H3,(H2,25,26,27). The number of ether oxygens (including phenoxy) is 2. The highest BCUT2D eigenvalue weighted by atomic mass is 19.4. The molecule has 5 nitrogen and oxygen atoms in total. The van der Waals surface area contributed by atoms with E-state index in [1.54, 1.807) is 7.11 Å². The summed E-state index contributed by atoms with van der Waals surface area (Å²) in [5.74, 6) is 0.726. The predicted molar refractivity (Wildman–Crippen MR) is 104 cm³/mol. The summed E-state index contributed by atoms with van der Waals surface area (Å²) in [6, 6.07) is 10.9. The summed E-state index contributed by atoms with van der Waals surface area (Å²) in [6.45, 7) is 1.88. The van der Waals surface area contributed by atoms with E-state index in [9.17, 15) is 18.0 Å². The topological polar surface area (TPSA) is 59.6 Å². The molecule has 0 bridgehead atoms. The van der Waals surface area contributed by atoms with Crippen LogP contribution in [0, 0.1) is 0 Å². The van der Waals surface area contributed by atoms with Crippen LogP contribution >= 0.6 is 0 Å². The Hall–Kier alpha value is -2.74. The van der Waals surface area contributed by atoms with Gasteiger partial charge in [-0.2, -0.15) is 13.2 Å². The number of methoxy groups -OCH3 is 2. The zero-order chi connectivity index (χ0) is 21.4. The first-order valence-electron chi connectivity index (χ1n) is 9.09. The number of hydrogen-bond donors (Lipinski definition) is 2. The minimum Gasteiger partial charge on any atom is -0.497 e. The summed E-state index contributed by atoms with van der Waals surface area (Å²) in [5, 5.41) is 5.49.